The highest BCUT2D eigenvalue weighted by atomic mass is 16.2. The molecule has 0 aromatic carbocycles. The van der Waals surface area contributed by atoms with Crippen LogP contribution in [-0.2, 0) is 17.9 Å². The maximum absolute atomic E-state index is 12.2. The molecule has 1 aliphatic heterocycles. The van der Waals surface area contributed by atoms with E-state index >= 15 is 0 Å². The van der Waals surface area contributed by atoms with Gasteiger partial charge in [0.2, 0.25) is 5.91 Å². The van der Waals surface area contributed by atoms with E-state index in [0.29, 0.717) is 19.6 Å². The summed E-state index contributed by atoms with van der Waals surface area (Å²) in [6, 6.07) is 1.38. The fraction of sp³-hybridized carbons (Fsp3) is 0.643. The normalized spacial score (nSPS) is 15.2. The topological polar surface area (TPSA) is 76.3 Å². The molecular weight excluding hydrogens is 272 g/mol. The monoisotopic (exact) mass is 294 g/mol. The van der Waals surface area contributed by atoms with Gasteiger partial charge in [-0.2, -0.15) is 0 Å². The first kappa shape index (κ1) is 15.5. The second-order valence-electron chi connectivity index (χ2n) is 5.16. The number of hydrogen-bond donors (Lipinski definition) is 1. The van der Waals surface area contributed by atoms with Crippen LogP contribution in [0.4, 0.5) is 0 Å². The van der Waals surface area contributed by atoms with E-state index in [9.17, 15) is 14.4 Å². The maximum atomic E-state index is 12.2. The lowest BCUT2D eigenvalue weighted by Crippen LogP contribution is -2.47. The Hall–Kier alpha value is -1.89. The quantitative estimate of drug-likeness (QED) is 0.774. The second kappa shape index (κ2) is 7.21. The van der Waals surface area contributed by atoms with Crippen molar-refractivity contribution >= 4 is 5.91 Å². The number of aromatic nitrogens is 2. The fourth-order valence-corrected chi connectivity index (χ4v) is 2.45. The Balaban J connectivity index is 2.05. The molecule has 1 N–H and O–H groups in total. The van der Waals surface area contributed by atoms with E-state index in [1.54, 1.807) is 4.90 Å². The van der Waals surface area contributed by atoms with Crippen molar-refractivity contribution in [1.29, 1.82) is 0 Å². The Kier molecular flexibility index (Phi) is 5.32. The first-order chi connectivity index (χ1) is 10.1. The third-order valence-corrected chi connectivity index (χ3v) is 3.62. The van der Waals surface area contributed by atoms with Gasteiger partial charge in [-0.25, -0.2) is 4.79 Å². The van der Waals surface area contributed by atoms with Crippen molar-refractivity contribution in [2.45, 2.75) is 32.9 Å². The summed E-state index contributed by atoms with van der Waals surface area (Å²) in [7, 11) is 0. The SMILES string of the molecule is CCCn1ccc(=O)n(CCC(=O)N2CCNCC2)c1=O. The Bertz CT molecular complexity index is 599. The Morgan fingerprint density at radius 2 is 1.95 bits per heavy atom. The standard InChI is InChI=1S/C14H22N4O3/c1-2-7-17-8-3-13(20)18(14(17)21)9-4-12(19)16-10-5-15-6-11-16/h3,8,15H,2,4-7,9-11H2,1H3. The van der Waals surface area contributed by atoms with Gasteiger partial charge in [0.05, 0.1) is 0 Å². The number of amides is 1. The molecule has 116 valence electrons. The average Bonchev–Trinajstić information content (AvgIpc) is 2.51. The van der Waals surface area contributed by atoms with E-state index in [2.05, 4.69) is 5.32 Å². The molecule has 0 radical (unpaired) electrons. The van der Waals surface area contributed by atoms with Gasteiger partial charge in [-0.1, -0.05) is 6.92 Å². The number of carbonyl (C=O) groups is 1. The molecule has 1 aromatic heterocycles. The average molecular weight is 294 g/mol. The molecule has 1 aromatic rings. The molecule has 0 spiro atoms. The van der Waals surface area contributed by atoms with Gasteiger partial charge in [0.1, 0.15) is 0 Å². The second-order valence-corrected chi connectivity index (χ2v) is 5.16. The lowest BCUT2D eigenvalue weighted by atomic mass is 10.3. The molecular formula is C14H22N4O3. The van der Waals surface area contributed by atoms with E-state index < -0.39 is 0 Å². The maximum Gasteiger partial charge on any atom is 0.330 e. The number of piperazine rings is 1. The number of rotatable bonds is 5. The number of nitrogens with zero attached hydrogens (tertiary/aromatic N) is 3. The minimum absolute atomic E-state index is 0.00584. The predicted molar refractivity (Wildman–Crippen MR) is 79.3 cm³/mol. The summed E-state index contributed by atoms with van der Waals surface area (Å²) in [5.74, 6) is -0.00584. The molecule has 0 saturated carbocycles. The Labute approximate surface area is 123 Å². The van der Waals surface area contributed by atoms with E-state index in [1.165, 1.54) is 16.8 Å². The molecule has 1 amide bonds. The molecule has 7 nitrogen and oxygen atoms in total. The molecule has 2 rings (SSSR count). The smallest absolute Gasteiger partial charge is 0.330 e. The Morgan fingerprint density at radius 3 is 2.62 bits per heavy atom. The molecule has 0 bridgehead atoms. The number of nitrogens with one attached hydrogen (secondary N) is 1. The van der Waals surface area contributed by atoms with E-state index in [-0.39, 0.29) is 30.1 Å². The third kappa shape index (κ3) is 3.81. The molecule has 1 fully saturated rings. The first-order valence-electron chi connectivity index (χ1n) is 7.42. The van der Waals surface area contributed by atoms with Crippen LogP contribution >= 0.6 is 0 Å². The van der Waals surface area contributed by atoms with Crippen LogP contribution in [0.15, 0.2) is 21.9 Å². The van der Waals surface area contributed by atoms with Gasteiger partial charge in [0, 0.05) is 58.0 Å². The highest BCUT2D eigenvalue weighted by Gasteiger charge is 2.16. The van der Waals surface area contributed by atoms with Crippen LogP contribution in [0.3, 0.4) is 0 Å². The van der Waals surface area contributed by atoms with Crippen LogP contribution in [-0.4, -0.2) is 46.1 Å². The van der Waals surface area contributed by atoms with Gasteiger partial charge >= 0.3 is 5.69 Å². The highest BCUT2D eigenvalue weighted by Crippen LogP contribution is 1.98. The summed E-state index contributed by atoms with van der Waals surface area (Å²) in [5, 5.41) is 3.18. The van der Waals surface area contributed by atoms with Crippen molar-refractivity contribution in [2.75, 3.05) is 26.2 Å². The van der Waals surface area contributed by atoms with Crippen molar-refractivity contribution in [2.24, 2.45) is 0 Å². The summed E-state index contributed by atoms with van der Waals surface area (Å²) >= 11 is 0. The van der Waals surface area contributed by atoms with E-state index in [0.717, 1.165) is 24.1 Å². The highest BCUT2D eigenvalue weighted by molar-refractivity contribution is 5.76. The van der Waals surface area contributed by atoms with Crippen molar-refractivity contribution in [3.63, 3.8) is 0 Å². The Morgan fingerprint density at radius 1 is 1.24 bits per heavy atom. The summed E-state index contributed by atoms with van der Waals surface area (Å²) in [6.45, 7) is 5.64. The van der Waals surface area contributed by atoms with Crippen molar-refractivity contribution in [3.05, 3.63) is 33.1 Å². The summed E-state index contributed by atoms with van der Waals surface area (Å²) in [4.78, 5) is 37.8. The van der Waals surface area contributed by atoms with Crippen molar-refractivity contribution in [3.8, 4) is 0 Å². The molecule has 0 unspecified atom stereocenters. The fourth-order valence-electron chi connectivity index (χ4n) is 2.45. The largest absolute Gasteiger partial charge is 0.340 e. The molecule has 1 saturated heterocycles. The summed E-state index contributed by atoms with van der Waals surface area (Å²) < 4.78 is 2.66. The van der Waals surface area contributed by atoms with Gasteiger partial charge in [0.25, 0.3) is 5.56 Å². The number of aryl methyl sites for hydroxylation is 1. The van der Waals surface area contributed by atoms with Gasteiger partial charge in [-0.05, 0) is 6.42 Å². The minimum Gasteiger partial charge on any atom is -0.340 e. The van der Waals surface area contributed by atoms with Gasteiger partial charge in [0.15, 0.2) is 0 Å². The third-order valence-electron chi connectivity index (χ3n) is 3.62. The first-order valence-corrected chi connectivity index (χ1v) is 7.42. The number of carbonyl (C=O) groups excluding carboxylic acids is 1. The minimum atomic E-state index is -0.347. The molecule has 2 heterocycles. The molecule has 21 heavy (non-hydrogen) atoms. The zero-order valence-electron chi connectivity index (χ0n) is 12.4. The molecule has 7 heteroatoms. The molecule has 0 aliphatic carbocycles. The number of hydrogen-bond acceptors (Lipinski definition) is 4. The lowest BCUT2D eigenvalue weighted by molar-refractivity contribution is -0.132. The molecule has 0 atom stereocenters. The van der Waals surface area contributed by atoms with Crippen LogP contribution in [0.25, 0.3) is 0 Å². The summed E-state index contributed by atoms with van der Waals surface area (Å²) in [6.07, 6.45) is 2.52. The lowest BCUT2D eigenvalue weighted by Gasteiger charge is -2.27. The van der Waals surface area contributed by atoms with Gasteiger partial charge < -0.3 is 14.8 Å². The van der Waals surface area contributed by atoms with Gasteiger partial charge in [-0.3, -0.25) is 14.2 Å². The summed E-state index contributed by atoms with van der Waals surface area (Å²) in [5.41, 5.74) is -0.682. The van der Waals surface area contributed by atoms with E-state index in [1.807, 2.05) is 6.92 Å². The van der Waals surface area contributed by atoms with Crippen LogP contribution < -0.4 is 16.6 Å². The van der Waals surface area contributed by atoms with Crippen LogP contribution in [0.2, 0.25) is 0 Å². The van der Waals surface area contributed by atoms with Gasteiger partial charge in [-0.15, -0.1) is 0 Å². The molecule has 1 aliphatic rings. The van der Waals surface area contributed by atoms with Crippen molar-refractivity contribution < 1.29 is 4.79 Å². The zero-order valence-corrected chi connectivity index (χ0v) is 12.4. The van der Waals surface area contributed by atoms with Crippen LogP contribution in [0.1, 0.15) is 19.8 Å². The van der Waals surface area contributed by atoms with Crippen LogP contribution in [0.5, 0.6) is 0 Å². The van der Waals surface area contributed by atoms with E-state index in [4.69, 9.17) is 0 Å². The van der Waals surface area contributed by atoms with Crippen LogP contribution in [0, 0.1) is 0 Å². The predicted octanol–water partition coefficient (Wildman–Crippen LogP) is -0.758. The van der Waals surface area contributed by atoms with Crippen molar-refractivity contribution in [1.82, 2.24) is 19.4 Å². The zero-order chi connectivity index (χ0) is 15.2.